The smallest absolute Gasteiger partial charge is 0.364 e. The minimum Gasteiger partial charge on any atom is -0.477 e. The lowest BCUT2D eigenvalue weighted by Crippen LogP contribution is -2.47. The van der Waals surface area contributed by atoms with E-state index in [1.54, 1.807) is 0 Å². The summed E-state index contributed by atoms with van der Waals surface area (Å²) >= 11 is 0. The number of aliphatic carboxylic acids is 1. The normalized spacial score (nSPS) is 36.3. The summed E-state index contributed by atoms with van der Waals surface area (Å²) < 4.78 is 10.2. The molecule has 12 heavy (non-hydrogen) atoms. The van der Waals surface area contributed by atoms with Gasteiger partial charge in [-0.25, -0.2) is 4.79 Å². The van der Waals surface area contributed by atoms with Gasteiger partial charge in [-0.15, -0.1) is 0 Å². The third-order valence-electron chi connectivity index (χ3n) is 2.15. The van der Waals surface area contributed by atoms with Crippen LogP contribution < -0.4 is 0 Å². The van der Waals surface area contributed by atoms with Crippen molar-refractivity contribution in [2.75, 3.05) is 13.2 Å². The van der Waals surface area contributed by atoms with Crippen molar-refractivity contribution in [2.24, 2.45) is 5.92 Å². The van der Waals surface area contributed by atoms with Crippen molar-refractivity contribution in [3.8, 4) is 0 Å². The van der Waals surface area contributed by atoms with Gasteiger partial charge >= 0.3 is 5.97 Å². The van der Waals surface area contributed by atoms with Crippen LogP contribution in [0.3, 0.4) is 0 Å². The topological polar surface area (TPSA) is 55.8 Å². The summed E-state index contributed by atoms with van der Waals surface area (Å²) in [4.78, 5) is 10.6. The zero-order valence-corrected chi connectivity index (χ0v) is 7.37. The summed E-state index contributed by atoms with van der Waals surface area (Å²) in [6, 6.07) is 0. The Morgan fingerprint density at radius 1 is 1.58 bits per heavy atom. The third-order valence-corrected chi connectivity index (χ3v) is 2.15. The van der Waals surface area contributed by atoms with Crippen molar-refractivity contribution < 1.29 is 19.4 Å². The molecule has 0 bridgehead atoms. The second kappa shape index (κ2) is 3.41. The first-order valence-corrected chi connectivity index (χ1v) is 4.10. The zero-order valence-electron chi connectivity index (χ0n) is 7.37. The second-order valence-corrected chi connectivity index (χ2v) is 3.15. The SMILES string of the molecule is CCC1COC(C)(C(=O)O)OC1. The van der Waals surface area contributed by atoms with Crippen molar-refractivity contribution in [2.45, 2.75) is 26.1 Å². The van der Waals surface area contributed by atoms with Crippen LogP contribution >= 0.6 is 0 Å². The fraction of sp³-hybridized carbons (Fsp3) is 0.875. The van der Waals surface area contributed by atoms with E-state index in [2.05, 4.69) is 0 Å². The van der Waals surface area contributed by atoms with Crippen molar-refractivity contribution in [1.29, 1.82) is 0 Å². The molecule has 4 heteroatoms. The van der Waals surface area contributed by atoms with Gasteiger partial charge in [0.1, 0.15) is 0 Å². The van der Waals surface area contributed by atoms with Crippen molar-refractivity contribution in [1.82, 2.24) is 0 Å². The quantitative estimate of drug-likeness (QED) is 0.674. The molecule has 0 aromatic carbocycles. The molecule has 0 saturated carbocycles. The van der Waals surface area contributed by atoms with Gasteiger partial charge in [-0.05, 0) is 6.42 Å². The van der Waals surface area contributed by atoms with E-state index in [0.29, 0.717) is 19.1 Å². The first-order chi connectivity index (χ1) is 5.58. The summed E-state index contributed by atoms with van der Waals surface area (Å²) in [6.45, 7) is 4.40. The Kier molecular flexibility index (Phi) is 2.69. The number of rotatable bonds is 2. The highest BCUT2D eigenvalue weighted by molar-refractivity contribution is 5.75. The molecule has 0 aromatic heterocycles. The predicted molar refractivity (Wildman–Crippen MR) is 41.7 cm³/mol. The minimum atomic E-state index is -1.42. The average molecular weight is 174 g/mol. The lowest BCUT2D eigenvalue weighted by Gasteiger charge is -2.33. The van der Waals surface area contributed by atoms with Gasteiger partial charge in [-0.2, -0.15) is 0 Å². The lowest BCUT2D eigenvalue weighted by atomic mass is 10.1. The summed E-state index contributed by atoms with van der Waals surface area (Å²) in [6.07, 6.45) is 0.954. The van der Waals surface area contributed by atoms with Crippen LogP contribution in [0.25, 0.3) is 0 Å². The Bertz CT molecular complexity index is 170. The Hall–Kier alpha value is -0.610. The molecular formula is C8H14O4. The van der Waals surface area contributed by atoms with Crippen LogP contribution in [0.2, 0.25) is 0 Å². The molecule has 1 N–H and O–H groups in total. The fourth-order valence-electron chi connectivity index (χ4n) is 1.00. The van der Waals surface area contributed by atoms with Gasteiger partial charge in [0.2, 0.25) is 0 Å². The van der Waals surface area contributed by atoms with Gasteiger partial charge in [-0.1, -0.05) is 6.92 Å². The largest absolute Gasteiger partial charge is 0.477 e. The van der Waals surface area contributed by atoms with Crippen LogP contribution in [-0.2, 0) is 14.3 Å². The molecule has 1 rings (SSSR count). The molecule has 0 aliphatic carbocycles. The molecule has 1 saturated heterocycles. The van der Waals surface area contributed by atoms with Gasteiger partial charge in [-0.3, -0.25) is 0 Å². The number of carboxylic acids is 1. The van der Waals surface area contributed by atoms with Gasteiger partial charge in [0.05, 0.1) is 13.2 Å². The van der Waals surface area contributed by atoms with Gasteiger partial charge in [0, 0.05) is 12.8 Å². The van der Waals surface area contributed by atoms with Crippen molar-refractivity contribution in [3.63, 3.8) is 0 Å². The van der Waals surface area contributed by atoms with E-state index < -0.39 is 11.8 Å². The van der Waals surface area contributed by atoms with E-state index in [-0.39, 0.29) is 0 Å². The molecule has 0 radical (unpaired) electrons. The van der Waals surface area contributed by atoms with E-state index in [9.17, 15) is 4.79 Å². The Morgan fingerprint density at radius 3 is 2.42 bits per heavy atom. The molecule has 0 aromatic rings. The summed E-state index contributed by atoms with van der Waals surface area (Å²) in [5.41, 5.74) is 0. The number of ether oxygens (including phenoxy) is 2. The van der Waals surface area contributed by atoms with Gasteiger partial charge < -0.3 is 14.6 Å². The first kappa shape index (κ1) is 9.48. The van der Waals surface area contributed by atoms with E-state index in [1.165, 1.54) is 6.92 Å². The monoisotopic (exact) mass is 174 g/mol. The maximum absolute atomic E-state index is 10.6. The highest BCUT2D eigenvalue weighted by atomic mass is 16.7. The van der Waals surface area contributed by atoms with E-state index in [4.69, 9.17) is 14.6 Å². The number of hydrogen-bond acceptors (Lipinski definition) is 3. The maximum atomic E-state index is 10.6. The van der Waals surface area contributed by atoms with E-state index in [0.717, 1.165) is 6.42 Å². The van der Waals surface area contributed by atoms with Crippen LogP contribution in [0, 0.1) is 5.92 Å². The summed E-state index contributed by atoms with van der Waals surface area (Å²) in [7, 11) is 0. The molecule has 0 spiro atoms. The maximum Gasteiger partial charge on any atom is 0.364 e. The minimum absolute atomic E-state index is 0.331. The lowest BCUT2D eigenvalue weighted by molar-refractivity contribution is -0.270. The molecular weight excluding hydrogens is 160 g/mol. The highest BCUT2D eigenvalue weighted by Crippen LogP contribution is 2.22. The molecule has 0 unspecified atom stereocenters. The molecule has 1 aliphatic heterocycles. The molecule has 1 fully saturated rings. The van der Waals surface area contributed by atoms with Crippen LogP contribution in [0.15, 0.2) is 0 Å². The Labute approximate surface area is 71.5 Å². The number of carbonyl (C=O) groups is 1. The van der Waals surface area contributed by atoms with Crippen LogP contribution in [-0.4, -0.2) is 30.1 Å². The molecule has 70 valence electrons. The fourth-order valence-corrected chi connectivity index (χ4v) is 1.00. The predicted octanol–water partition coefficient (Wildman–Crippen LogP) is 0.860. The third kappa shape index (κ3) is 1.76. The summed E-state index contributed by atoms with van der Waals surface area (Å²) in [5, 5.41) is 8.71. The van der Waals surface area contributed by atoms with E-state index in [1.807, 2.05) is 6.92 Å². The van der Waals surface area contributed by atoms with Gasteiger partial charge in [0.15, 0.2) is 0 Å². The molecule has 0 amide bonds. The van der Waals surface area contributed by atoms with Crippen molar-refractivity contribution in [3.05, 3.63) is 0 Å². The van der Waals surface area contributed by atoms with Gasteiger partial charge in [0.25, 0.3) is 5.79 Å². The van der Waals surface area contributed by atoms with Crippen molar-refractivity contribution >= 4 is 5.97 Å². The zero-order chi connectivity index (χ0) is 9.19. The van der Waals surface area contributed by atoms with E-state index >= 15 is 0 Å². The number of hydrogen-bond donors (Lipinski definition) is 1. The second-order valence-electron chi connectivity index (χ2n) is 3.15. The van der Waals surface area contributed by atoms with Crippen LogP contribution in [0.4, 0.5) is 0 Å². The standard InChI is InChI=1S/C8H14O4/c1-3-6-4-11-8(2,7(9)10)12-5-6/h6H,3-5H2,1-2H3,(H,9,10). The Balaban J connectivity index is 2.49. The molecule has 1 heterocycles. The Morgan fingerprint density at radius 2 is 2.08 bits per heavy atom. The average Bonchev–Trinajstić information content (AvgIpc) is 2.06. The molecule has 1 aliphatic rings. The number of carboxylic acid groups (broad SMARTS) is 1. The molecule has 0 atom stereocenters. The van der Waals surface area contributed by atoms with Crippen LogP contribution in [0.1, 0.15) is 20.3 Å². The first-order valence-electron chi connectivity index (χ1n) is 4.10. The highest BCUT2D eigenvalue weighted by Gasteiger charge is 2.39. The van der Waals surface area contributed by atoms with Crippen LogP contribution in [0.5, 0.6) is 0 Å². The summed E-state index contributed by atoms with van der Waals surface area (Å²) in [5.74, 6) is -2.15. The molecule has 4 nitrogen and oxygen atoms in total.